The minimum absolute atomic E-state index is 0.153. The third kappa shape index (κ3) is 2.71. The van der Waals surface area contributed by atoms with Gasteiger partial charge in [-0.2, -0.15) is 0 Å². The molecule has 1 fully saturated rings. The van der Waals surface area contributed by atoms with E-state index in [1.807, 2.05) is 24.3 Å². The molecular weight excluding hydrogens is 244 g/mol. The van der Waals surface area contributed by atoms with Crippen LogP contribution in [0.3, 0.4) is 0 Å². The summed E-state index contributed by atoms with van der Waals surface area (Å²) in [6.45, 7) is 1.51. The van der Waals surface area contributed by atoms with Crippen molar-refractivity contribution >= 4 is 5.88 Å². The van der Waals surface area contributed by atoms with Crippen molar-refractivity contribution < 1.29 is 14.0 Å². The minimum atomic E-state index is 0.153. The zero-order chi connectivity index (χ0) is 13.1. The maximum atomic E-state index is 5.86. The van der Waals surface area contributed by atoms with Gasteiger partial charge in [0.05, 0.1) is 18.4 Å². The average Bonchev–Trinajstić information content (AvgIpc) is 2.87. The fourth-order valence-electron chi connectivity index (χ4n) is 2.18. The van der Waals surface area contributed by atoms with Gasteiger partial charge in [0.1, 0.15) is 11.9 Å². The molecule has 0 amide bonds. The quantitative estimate of drug-likeness (QED) is 0.918. The Kier molecular flexibility index (Phi) is 3.37. The molecule has 5 nitrogen and oxygen atoms in total. The number of ether oxygens (including phenoxy) is 2. The predicted octanol–water partition coefficient (Wildman–Crippen LogP) is 2.48. The third-order valence-corrected chi connectivity index (χ3v) is 3.18. The first kappa shape index (κ1) is 12.0. The molecule has 1 unspecified atom stereocenters. The van der Waals surface area contributed by atoms with Crippen LogP contribution in [0, 0.1) is 0 Å². The molecule has 0 saturated carbocycles. The van der Waals surface area contributed by atoms with Crippen molar-refractivity contribution in [1.82, 2.24) is 5.16 Å². The van der Waals surface area contributed by atoms with Crippen LogP contribution >= 0.6 is 0 Å². The van der Waals surface area contributed by atoms with E-state index in [0.29, 0.717) is 12.5 Å². The van der Waals surface area contributed by atoms with Gasteiger partial charge in [0.2, 0.25) is 5.88 Å². The molecule has 3 rings (SSSR count). The highest BCUT2D eigenvalue weighted by atomic mass is 16.5. The first-order valence-corrected chi connectivity index (χ1v) is 6.38. The summed E-state index contributed by atoms with van der Waals surface area (Å²) in [7, 11) is 0. The van der Waals surface area contributed by atoms with E-state index in [0.717, 1.165) is 36.3 Å². The lowest BCUT2D eigenvalue weighted by molar-refractivity contribution is 0.00744. The lowest BCUT2D eigenvalue weighted by Gasteiger charge is -2.23. The molecule has 1 aromatic heterocycles. The van der Waals surface area contributed by atoms with Crippen LogP contribution in [-0.2, 0) is 4.74 Å². The standard InChI is InChI=1S/C14H16N2O3/c15-14-13(8-16-19-14)10-3-5-11(6-4-10)18-12-2-1-7-17-9-12/h3-6,8,12H,1-2,7,9,15H2. The lowest BCUT2D eigenvalue weighted by Crippen LogP contribution is -2.27. The summed E-state index contributed by atoms with van der Waals surface area (Å²) in [4.78, 5) is 0. The highest BCUT2D eigenvalue weighted by molar-refractivity contribution is 5.72. The van der Waals surface area contributed by atoms with Crippen LogP contribution in [0.25, 0.3) is 11.1 Å². The van der Waals surface area contributed by atoms with Crippen LogP contribution < -0.4 is 10.5 Å². The van der Waals surface area contributed by atoms with Crippen molar-refractivity contribution in [1.29, 1.82) is 0 Å². The summed E-state index contributed by atoms with van der Waals surface area (Å²) in [5.74, 6) is 1.17. The smallest absolute Gasteiger partial charge is 0.229 e. The number of hydrogen-bond donors (Lipinski definition) is 1. The lowest BCUT2D eigenvalue weighted by atomic mass is 10.1. The van der Waals surface area contributed by atoms with E-state index in [1.54, 1.807) is 6.20 Å². The molecule has 2 heterocycles. The van der Waals surface area contributed by atoms with Gasteiger partial charge in [-0.3, -0.25) is 0 Å². The van der Waals surface area contributed by atoms with Gasteiger partial charge in [-0.05, 0) is 30.5 Å². The Morgan fingerprint density at radius 2 is 2.11 bits per heavy atom. The van der Waals surface area contributed by atoms with E-state index in [-0.39, 0.29) is 6.10 Å². The largest absolute Gasteiger partial charge is 0.488 e. The first-order valence-electron chi connectivity index (χ1n) is 6.38. The Morgan fingerprint density at radius 1 is 1.26 bits per heavy atom. The van der Waals surface area contributed by atoms with Crippen molar-refractivity contribution in [2.24, 2.45) is 0 Å². The Hall–Kier alpha value is -2.01. The molecule has 5 heteroatoms. The van der Waals surface area contributed by atoms with Crippen molar-refractivity contribution in [3.05, 3.63) is 30.5 Å². The second kappa shape index (κ2) is 5.32. The Bertz CT molecular complexity index is 530. The van der Waals surface area contributed by atoms with Crippen molar-refractivity contribution in [2.45, 2.75) is 18.9 Å². The SMILES string of the molecule is Nc1oncc1-c1ccc(OC2CCCOC2)cc1. The molecule has 19 heavy (non-hydrogen) atoms. The number of anilines is 1. The fraction of sp³-hybridized carbons (Fsp3) is 0.357. The summed E-state index contributed by atoms with van der Waals surface area (Å²) >= 11 is 0. The van der Waals surface area contributed by atoms with Gasteiger partial charge in [0, 0.05) is 6.61 Å². The maximum absolute atomic E-state index is 5.86. The van der Waals surface area contributed by atoms with Gasteiger partial charge >= 0.3 is 0 Å². The second-order valence-electron chi connectivity index (χ2n) is 4.59. The van der Waals surface area contributed by atoms with Gasteiger partial charge in [-0.1, -0.05) is 17.3 Å². The summed E-state index contributed by atoms with van der Waals surface area (Å²) in [5.41, 5.74) is 7.45. The van der Waals surface area contributed by atoms with Crippen LogP contribution in [0.2, 0.25) is 0 Å². The Labute approximate surface area is 111 Å². The van der Waals surface area contributed by atoms with Gasteiger partial charge in [0.15, 0.2) is 0 Å². The van der Waals surface area contributed by atoms with E-state index in [2.05, 4.69) is 5.16 Å². The Balaban J connectivity index is 1.70. The molecule has 1 aliphatic rings. The molecule has 0 spiro atoms. The minimum Gasteiger partial charge on any atom is -0.488 e. The molecule has 0 aliphatic carbocycles. The van der Waals surface area contributed by atoms with E-state index >= 15 is 0 Å². The number of rotatable bonds is 3. The van der Waals surface area contributed by atoms with Crippen LogP contribution in [0.5, 0.6) is 5.75 Å². The molecule has 0 bridgehead atoms. The normalized spacial score (nSPS) is 19.3. The van der Waals surface area contributed by atoms with E-state index in [4.69, 9.17) is 19.7 Å². The molecular formula is C14H16N2O3. The molecule has 1 atom stereocenters. The number of nitrogens with two attached hydrogens (primary N) is 1. The Morgan fingerprint density at radius 3 is 2.74 bits per heavy atom. The molecule has 2 aromatic rings. The molecule has 1 aromatic carbocycles. The van der Waals surface area contributed by atoms with E-state index < -0.39 is 0 Å². The number of benzene rings is 1. The average molecular weight is 260 g/mol. The van der Waals surface area contributed by atoms with Crippen LogP contribution in [0.1, 0.15) is 12.8 Å². The van der Waals surface area contributed by atoms with Crippen molar-refractivity contribution in [3.8, 4) is 16.9 Å². The topological polar surface area (TPSA) is 70.5 Å². The van der Waals surface area contributed by atoms with Crippen molar-refractivity contribution in [2.75, 3.05) is 18.9 Å². The fourth-order valence-corrected chi connectivity index (χ4v) is 2.18. The number of aromatic nitrogens is 1. The number of nitrogens with zero attached hydrogens (tertiary/aromatic N) is 1. The molecule has 1 saturated heterocycles. The zero-order valence-corrected chi connectivity index (χ0v) is 10.5. The van der Waals surface area contributed by atoms with Crippen LogP contribution in [0.4, 0.5) is 5.88 Å². The van der Waals surface area contributed by atoms with Crippen molar-refractivity contribution in [3.63, 3.8) is 0 Å². The first-order chi connectivity index (χ1) is 9.33. The second-order valence-corrected chi connectivity index (χ2v) is 4.59. The molecule has 0 radical (unpaired) electrons. The number of hydrogen-bond acceptors (Lipinski definition) is 5. The summed E-state index contributed by atoms with van der Waals surface area (Å²) in [6, 6.07) is 7.75. The third-order valence-electron chi connectivity index (χ3n) is 3.18. The predicted molar refractivity (Wildman–Crippen MR) is 70.8 cm³/mol. The summed E-state index contributed by atoms with van der Waals surface area (Å²) in [5, 5.41) is 3.67. The maximum Gasteiger partial charge on any atom is 0.229 e. The highest BCUT2D eigenvalue weighted by Gasteiger charge is 2.15. The monoisotopic (exact) mass is 260 g/mol. The van der Waals surface area contributed by atoms with Gasteiger partial charge in [-0.15, -0.1) is 0 Å². The number of nitrogen functional groups attached to an aromatic ring is 1. The summed E-state index contributed by atoms with van der Waals surface area (Å²) in [6.07, 6.45) is 3.86. The zero-order valence-electron chi connectivity index (χ0n) is 10.5. The molecule has 100 valence electrons. The van der Waals surface area contributed by atoms with Gasteiger partial charge in [-0.25, -0.2) is 0 Å². The van der Waals surface area contributed by atoms with Gasteiger partial charge in [0.25, 0.3) is 0 Å². The summed E-state index contributed by atoms with van der Waals surface area (Å²) < 4.78 is 16.1. The van der Waals surface area contributed by atoms with E-state index in [9.17, 15) is 0 Å². The van der Waals surface area contributed by atoms with Gasteiger partial charge < -0.3 is 19.7 Å². The van der Waals surface area contributed by atoms with Crippen LogP contribution in [0.15, 0.2) is 35.0 Å². The van der Waals surface area contributed by atoms with E-state index in [1.165, 1.54) is 0 Å². The van der Waals surface area contributed by atoms with Crippen LogP contribution in [-0.4, -0.2) is 24.5 Å². The molecule has 2 N–H and O–H groups in total. The molecule has 1 aliphatic heterocycles. The highest BCUT2D eigenvalue weighted by Crippen LogP contribution is 2.27.